The maximum atomic E-state index is 15.5. The number of halogens is 3. The van der Waals surface area contributed by atoms with Gasteiger partial charge < -0.3 is 19.3 Å². The first kappa shape index (κ1) is 41.9. The summed E-state index contributed by atoms with van der Waals surface area (Å²) in [6.45, 7) is 0. The molecule has 4 amide bonds. The van der Waals surface area contributed by atoms with Gasteiger partial charge in [0.2, 0.25) is 11.8 Å². The minimum atomic E-state index is -1.70. The van der Waals surface area contributed by atoms with Crippen molar-refractivity contribution >= 4 is 74.7 Å². The van der Waals surface area contributed by atoms with Crippen LogP contribution in [0.5, 0.6) is 23.0 Å². The lowest BCUT2D eigenvalue weighted by Crippen LogP contribution is -2.53. The van der Waals surface area contributed by atoms with E-state index < -0.39 is 58.5 Å². The average Bonchev–Trinajstić information content (AvgIpc) is 3.67. The number of allylic oxidation sites excluding steroid dienone is 2. The molecule has 4 aliphatic rings. The number of hydrogen-bond donors (Lipinski definition) is 2. The topological polar surface area (TPSA) is 135 Å². The lowest BCUT2D eigenvalue weighted by molar-refractivity contribution is -0.138. The fourth-order valence-corrected chi connectivity index (χ4v) is 10.7. The number of rotatable bonds is 10. The van der Waals surface area contributed by atoms with Crippen LogP contribution < -0.4 is 24.5 Å². The lowest BCUT2D eigenvalue weighted by atomic mass is 9.49. The van der Waals surface area contributed by atoms with Gasteiger partial charge in [-0.3, -0.25) is 29.5 Å². The zero-order valence-corrected chi connectivity index (χ0v) is 36.5. The highest BCUT2D eigenvalue weighted by molar-refractivity contribution is 9.10. The number of hydrogen-bond acceptors (Lipinski definition) is 9. The van der Waals surface area contributed by atoms with Gasteiger partial charge in [-0.05, 0) is 109 Å². The fourth-order valence-electron chi connectivity index (χ4n) is 10.1. The Hall–Kier alpha value is -6.44. The lowest BCUT2D eigenvalue weighted by Gasteiger charge is -2.50. The Balaban J connectivity index is 1.14. The molecule has 2 N–H and O–H groups in total. The number of carbonyl (C=O) groups excluding carboxylic acids is 4. The van der Waals surface area contributed by atoms with E-state index in [2.05, 4.69) is 21.4 Å². The molecule has 320 valence electrons. The van der Waals surface area contributed by atoms with Gasteiger partial charge in [0.25, 0.3) is 11.8 Å². The standard InChI is InChI=1S/C49H40BrClFN3O8/c1-61-34-18-21-40(62-2)27(22-34)7-4-26-5-16-33(17-6-26)54-45(57)36-20-19-35-37(42(36)47(54)59)25-39-46(58)55(53-32-14-12-31(52)13-15-32)48(60)49(39,28-8-10-30(51)11-9-28)43(35)38-23-29(50)24-41(63-3)44(38)56/h4-19,21-24,36-37,39,42-43,53,56H,20,25H2,1-3H3. The smallest absolute Gasteiger partial charge is 0.260 e. The van der Waals surface area contributed by atoms with Crippen molar-refractivity contribution < 1.29 is 42.9 Å². The van der Waals surface area contributed by atoms with Crippen molar-refractivity contribution in [1.82, 2.24) is 5.01 Å². The number of hydrazine groups is 1. The second kappa shape index (κ2) is 16.4. The molecule has 63 heavy (non-hydrogen) atoms. The summed E-state index contributed by atoms with van der Waals surface area (Å²) < 4.78 is 31.0. The average molecular weight is 933 g/mol. The van der Waals surface area contributed by atoms with Crippen molar-refractivity contribution in [2.45, 2.75) is 24.2 Å². The molecule has 0 spiro atoms. The van der Waals surface area contributed by atoms with Crippen molar-refractivity contribution in [3.8, 4) is 23.0 Å². The molecule has 2 aliphatic heterocycles. The zero-order chi connectivity index (χ0) is 44.3. The first-order valence-electron chi connectivity index (χ1n) is 20.2. The van der Waals surface area contributed by atoms with Gasteiger partial charge in [0.15, 0.2) is 11.5 Å². The monoisotopic (exact) mass is 931 g/mol. The minimum absolute atomic E-state index is 0.0223. The van der Waals surface area contributed by atoms with E-state index in [1.807, 2.05) is 48.6 Å². The van der Waals surface area contributed by atoms with Crippen molar-refractivity contribution in [2.24, 2.45) is 23.7 Å². The Kier molecular flexibility index (Phi) is 10.9. The molecule has 0 radical (unpaired) electrons. The molecule has 6 unspecified atom stereocenters. The van der Waals surface area contributed by atoms with Crippen LogP contribution in [0.2, 0.25) is 5.02 Å². The Labute approximate surface area is 375 Å². The maximum absolute atomic E-state index is 15.5. The van der Waals surface area contributed by atoms with Gasteiger partial charge in [0.05, 0.1) is 55.9 Å². The van der Waals surface area contributed by atoms with Crippen LogP contribution in [0, 0.1) is 29.5 Å². The summed E-state index contributed by atoms with van der Waals surface area (Å²) in [6, 6.07) is 27.8. The van der Waals surface area contributed by atoms with E-state index >= 15 is 9.59 Å². The second-order valence-electron chi connectivity index (χ2n) is 16.0. The number of fused-ring (bicyclic) bond motifs is 4. The van der Waals surface area contributed by atoms with Crippen molar-refractivity contribution in [1.29, 1.82) is 0 Å². The molecule has 5 aromatic carbocycles. The molecule has 11 nitrogen and oxygen atoms in total. The van der Waals surface area contributed by atoms with Gasteiger partial charge in [0, 0.05) is 26.5 Å². The van der Waals surface area contributed by atoms with Gasteiger partial charge in [-0.2, -0.15) is 5.01 Å². The zero-order valence-electron chi connectivity index (χ0n) is 34.2. The molecule has 0 bridgehead atoms. The summed E-state index contributed by atoms with van der Waals surface area (Å²) in [5.74, 6) is -5.78. The predicted octanol–water partition coefficient (Wildman–Crippen LogP) is 9.33. The van der Waals surface area contributed by atoms with Crippen molar-refractivity contribution in [3.63, 3.8) is 0 Å². The fraction of sp³-hybridized carbons (Fsp3) is 0.224. The summed E-state index contributed by atoms with van der Waals surface area (Å²) in [6.07, 6.45) is 5.87. The highest BCUT2D eigenvalue weighted by Crippen LogP contribution is 2.65. The van der Waals surface area contributed by atoms with E-state index in [1.54, 1.807) is 62.8 Å². The quantitative estimate of drug-likeness (QED) is 0.0799. The maximum Gasteiger partial charge on any atom is 0.260 e. The Bertz CT molecular complexity index is 2750. The number of nitrogens with zero attached hydrogens (tertiary/aromatic N) is 2. The third kappa shape index (κ3) is 6.85. The molecule has 3 fully saturated rings. The van der Waals surface area contributed by atoms with Crippen LogP contribution in [0.3, 0.4) is 0 Å². The highest BCUT2D eigenvalue weighted by Gasteiger charge is 2.70. The molecule has 9 rings (SSSR count). The number of phenols is 1. The van der Waals surface area contributed by atoms with Crippen LogP contribution in [0.25, 0.3) is 12.2 Å². The first-order chi connectivity index (χ1) is 30.4. The molecule has 1 saturated carbocycles. The number of nitrogens with one attached hydrogen (secondary N) is 1. The number of anilines is 2. The number of carbonyl (C=O) groups is 4. The van der Waals surface area contributed by atoms with E-state index in [4.69, 9.17) is 25.8 Å². The molecule has 6 atom stereocenters. The number of amides is 4. The Morgan fingerprint density at radius 3 is 2.21 bits per heavy atom. The van der Waals surface area contributed by atoms with Gasteiger partial charge in [-0.1, -0.05) is 75.6 Å². The first-order valence-corrected chi connectivity index (χ1v) is 21.4. The highest BCUT2D eigenvalue weighted by atomic mass is 79.9. The second-order valence-corrected chi connectivity index (χ2v) is 17.3. The number of phenolic OH excluding ortho intramolecular Hbond substituents is 1. The molecule has 14 heteroatoms. The number of imide groups is 2. The summed E-state index contributed by atoms with van der Waals surface area (Å²) >= 11 is 9.98. The summed E-state index contributed by atoms with van der Waals surface area (Å²) in [5, 5.41) is 13.4. The van der Waals surface area contributed by atoms with Gasteiger partial charge in [0.1, 0.15) is 17.3 Å². The van der Waals surface area contributed by atoms with Crippen LogP contribution in [-0.2, 0) is 24.6 Å². The molecule has 2 aliphatic carbocycles. The van der Waals surface area contributed by atoms with Gasteiger partial charge in [-0.25, -0.2) is 4.39 Å². The third-order valence-electron chi connectivity index (χ3n) is 12.9. The van der Waals surface area contributed by atoms with E-state index in [9.17, 15) is 19.1 Å². The van der Waals surface area contributed by atoms with Gasteiger partial charge >= 0.3 is 0 Å². The van der Waals surface area contributed by atoms with E-state index in [0.717, 1.165) is 16.1 Å². The number of aromatic hydroxyl groups is 1. The van der Waals surface area contributed by atoms with Crippen LogP contribution in [0.1, 0.15) is 41.0 Å². The molecule has 2 heterocycles. The number of ether oxygens (including phenoxy) is 3. The van der Waals surface area contributed by atoms with Crippen LogP contribution in [0.15, 0.2) is 119 Å². The molecule has 2 saturated heterocycles. The van der Waals surface area contributed by atoms with Gasteiger partial charge in [-0.15, -0.1) is 0 Å². The molecule has 0 aromatic heterocycles. The normalized spacial score (nSPS) is 24.0. The SMILES string of the molecule is COc1ccc(OC)c(C=Cc2ccc(N3C(=O)C4CC=C5C(CC6C(=O)N(Nc7ccc(F)cc7)C(=O)C6(c6ccc(Cl)cc6)C5c5cc(Br)cc(OC)c5O)C4C3=O)cc2)c1. The Morgan fingerprint density at radius 1 is 0.810 bits per heavy atom. The minimum Gasteiger partial charge on any atom is -0.504 e. The van der Waals surface area contributed by atoms with Crippen LogP contribution in [-0.4, -0.2) is 55.1 Å². The summed E-state index contributed by atoms with van der Waals surface area (Å²) in [4.78, 5) is 61.0. The number of benzene rings is 5. The summed E-state index contributed by atoms with van der Waals surface area (Å²) in [7, 11) is 4.59. The molecular weight excluding hydrogens is 893 g/mol. The van der Waals surface area contributed by atoms with Crippen LogP contribution in [0.4, 0.5) is 15.8 Å². The Morgan fingerprint density at radius 2 is 1.52 bits per heavy atom. The van der Waals surface area contributed by atoms with E-state index in [0.29, 0.717) is 37.8 Å². The van der Waals surface area contributed by atoms with E-state index in [-0.39, 0.29) is 41.5 Å². The largest absolute Gasteiger partial charge is 0.504 e. The number of methoxy groups -OCH3 is 3. The van der Waals surface area contributed by atoms with Crippen LogP contribution >= 0.6 is 27.5 Å². The predicted molar refractivity (Wildman–Crippen MR) is 239 cm³/mol. The van der Waals surface area contributed by atoms with E-state index in [1.165, 1.54) is 36.3 Å². The van der Waals surface area contributed by atoms with Crippen molar-refractivity contribution in [2.75, 3.05) is 31.7 Å². The third-order valence-corrected chi connectivity index (χ3v) is 13.6. The van der Waals surface area contributed by atoms with Crippen molar-refractivity contribution in [3.05, 3.63) is 152 Å². The molecular formula is C49H40BrClFN3O8. The summed E-state index contributed by atoms with van der Waals surface area (Å²) in [5.41, 5.74) is 4.91. The molecule has 5 aromatic rings.